The minimum absolute atomic E-state index is 0.0888. The lowest BCUT2D eigenvalue weighted by Crippen LogP contribution is -2.19. The number of benzene rings is 3. The van der Waals surface area contributed by atoms with Crippen LogP contribution in [-0.4, -0.2) is 11.8 Å². The van der Waals surface area contributed by atoms with Crippen LogP contribution in [0.25, 0.3) is 6.08 Å². The molecule has 0 saturated heterocycles. The summed E-state index contributed by atoms with van der Waals surface area (Å²) in [4.78, 5) is 24.2. The second-order valence-electron chi connectivity index (χ2n) is 5.63. The van der Waals surface area contributed by atoms with Crippen LogP contribution in [0, 0.1) is 0 Å². The first kappa shape index (κ1) is 17.2. The molecule has 3 rings (SSSR count). The van der Waals surface area contributed by atoms with Crippen LogP contribution < -0.4 is 10.6 Å². The van der Waals surface area contributed by atoms with Gasteiger partial charge < -0.3 is 10.6 Å². The largest absolute Gasteiger partial charge is 0.323 e. The average Bonchev–Trinajstić information content (AvgIpc) is 2.68. The lowest BCUT2D eigenvalue weighted by Gasteiger charge is -2.07. The zero-order chi connectivity index (χ0) is 18.2. The minimum atomic E-state index is -0.334. The highest BCUT2D eigenvalue weighted by Crippen LogP contribution is 2.13. The van der Waals surface area contributed by atoms with Crippen LogP contribution in [0.4, 0.5) is 16.2 Å². The van der Waals surface area contributed by atoms with E-state index in [-0.39, 0.29) is 11.8 Å². The molecule has 2 amide bonds. The predicted octanol–water partition coefficient (Wildman–Crippen LogP) is 5.23. The van der Waals surface area contributed by atoms with Crippen molar-refractivity contribution in [3.8, 4) is 0 Å². The summed E-state index contributed by atoms with van der Waals surface area (Å²) in [5.74, 6) is -0.0888. The van der Waals surface area contributed by atoms with Crippen molar-refractivity contribution in [2.24, 2.45) is 0 Å². The summed E-state index contributed by atoms with van der Waals surface area (Å²) in [5.41, 5.74) is 2.85. The Labute approximate surface area is 152 Å². The van der Waals surface area contributed by atoms with Gasteiger partial charge in [-0.25, -0.2) is 4.79 Å². The standard InChI is InChI=1S/C22H18N2O2/c25-21(16-11-17-7-3-1-4-8-17)18-12-14-20(15-13-18)24-22(26)23-19-9-5-2-6-10-19/h1-16H,(H2,23,24,26)/b16-11+. The number of hydrogen-bond acceptors (Lipinski definition) is 2. The summed E-state index contributed by atoms with van der Waals surface area (Å²) >= 11 is 0. The van der Waals surface area contributed by atoms with E-state index >= 15 is 0 Å². The van der Waals surface area contributed by atoms with Crippen LogP contribution in [-0.2, 0) is 0 Å². The van der Waals surface area contributed by atoms with Gasteiger partial charge in [0.2, 0.25) is 0 Å². The molecule has 0 aliphatic rings. The van der Waals surface area contributed by atoms with Crippen LogP contribution in [0.5, 0.6) is 0 Å². The zero-order valence-corrected chi connectivity index (χ0v) is 14.1. The van der Waals surface area contributed by atoms with Gasteiger partial charge in [-0.15, -0.1) is 0 Å². The SMILES string of the molecule is O=C(Nc1ccccc1)Nc1ccc(C(=O)/C=C/c2ccccc2)cc1. The van der Waals surface area contributed by atoms with Gasteiger partial charge in [0.05, 0.1) is 0 Å². The van der Waals surface area contributed by atoms with Crippen molar-refractivity contribution >= 4 is 29.3 Å². The first-order valence-corrected chi connectivity index (χ1v) is 8.21. The van der Waals surface area contributed by atoms with Gasteiger partial charge in [0.15, 0.2) is 5.78 Å². The summed E-state index contributed by atoms with van der Waals surface area (Å²) in [7, 11) is 0. The van der Waals surface area contributed by atoms with E-state index in [1.807, 2.05) is 48.5 Å². The lowest BCUT2D eigenvalue weighted by molar-refractivity contribution is 0.104. The van der Waals surface area contributed by atoms with Gasteiger partial charge in [0, 0.05) is 16.9 Å². The Balaban J connectivity index is 1.58. The van der Waals surface area contributed by atoms with E-state index in [1.165, 1.54) is 0 Å². The molecule has 0 heterocycles. The maximum Gasteiger partial charge on any atom is 0.323 e. The predicted molar refractivity (Wildman–Crippen MR) is 105 cm³/mol. The van der Waals surface area contributed by atoms with Gasteiger partial charge in [-0.1, -0.05) is 54.6 Å². The smallest absolute Gasteiger partial charge is 0.308 e. The number of para-hydroxylation sites is 1. The first-order chi connectivity index (χ1) is 12.7. The summed E-state index contributed by atoms with van der Waals surface area (Å²) < 4.78 is 0. The zero-order valence-electron chi connectivity index (χ0n) is 14.1. The number of amides is 2. The van der Waals surface area contributed by atoms with Crippen molar-refractivity contribution in [1.29, 1.82) is 0 Å². The van der Waals surface area contributed by atoms with Crippen molar-refractivity contribution in [2.75, 3.05) is 10.6 Å². The van der Waals surface area contributed by atoms with E-state index < -0.39 is 0 Å². The Hall–Kier alpha value is -3.66. The maximum atomic E-state index is 12.2. The molecule has 4 nitrogen and oxygen atoms in total. The molecular formula is C22H18N2O2. The van der Waals surface area contributed by atoms with Crippen LogP contribution in [0.1, 0.15) is 15.9 Å². The molecule has 0 spiro atoms. The normalized spacial score (nSPS) is 10.5. The Kier molecular flexibility index (Phi) is 5.58. The summed E-state index contributed by atoms with van der Waals surface area (Å²) in [6, 6.07) is 25.3. The monoisotopic (exact) mass is 342 g/mol. The third kappa shape index (κ3) is 4.92. The minimum Gasteiger partial charge on any atom is -0.308 e. The van der Waals surface area contributed by atoms with E-state index in [0.717, 1.165) is 5.56 Å². The molecule has 0 aliphatic heterocycles. The number of carbonyl (C=O) groups is 2. The number of carbonyl (C=O) groups excluding carboxylic acids is 2. The highest BCUT2D eigenvalue weighted by molar-refractivity contribution is 6.07. The molecule has 0 aromatic heterocycles. The molecule has 3 aromatic rings. The number of anilines is 2. The van der Waals surface area contributed by atoms with Crippen molar-refractivity contribution in [1.82, 2.24) is 0 Å². The van der Waals surface area contributed by atoms with Crippen molar-refractivity contribution in [3.05, 3.63) is 102 Å². The van der Waals surface area contributed by atoms with Gasteiger partial charge in [-0.2, -0.15) is 0 Å². The third-order valence-electron chi connectivity index (χ3n) is 3.69. The van der Waals surface area contributed by atoms with E-state index in [1.54, 1.807) is 48.6 Å². The van der Waals surface area contributed by atoms with Gasteiger partial charge in [-0.05, 0) is 48.0 Å². The molecule has 26 heavy (non-hydrogen) atoms. The first-order valence-electron chi connectivity index (χ1n) is 8.21. The fourth-order valence-corrected chi connectivity index (χ4v) is 2.37. The number of rotatable bonds is 5. The molecule has 0 atom stereocenters. The number of ketones is 1. The molecule has 0 saturated carbocycles. The molecule has 0 radical (unpaired) electrons. The Bertz CT molecular complexity index is 902. The second kappa shape index (κ2) is 8.44. The van der Waals surface area contributed by atoms with E-state index in [9.17, 15) is 9.59 Å². The van der Waals surface area contributed by atoms with Crippen LogP contribution in [0.15, 0.2) is 91.0 Å². The van der Waals surface area contributed by atoms with Crippen LogP contribution in [0.2, 0.25) is 0 Å². The van der Waals surface area contributed by atoms with E-state index in [2.05, 4.69) is 10.6 Å². The fraction of sp³-hybridized carbons (Fsp3) is 0. The summed E-state index contributed by atoms with van der Waals surface area (Å²) in [6.45, 7) is 0. The molecule has 3 aromatic carbocycles. The number of urea groups is 1. The highest BCUT2D eigenvalue weighted by Gasteiger charge is 2.05. The van der Waals surface area contributed by atoms with Gasteiger partial charge in [0.1, 0.15) is 0 Å². The van der Waals surface area contributed by atoms with E-state index in [0.29, 0.717) is 16.9 Å². The van der Waals surface area contributed by atoms with Crippen molar-refractivity contribution in [2.45, 2.75) is 0 Å². The van der Waals surface area contributed by atoms with Crippen molar-refractivity contribution in [3.63, 3.8) is 0 Å². The van der Waals surface area contributed by atoms with Crippen LogP contribution in [0.3, 0.4) is 0 Å². The van der Waals surface area contributed by atoms with E-state index in [4.69, 9.17) is 0 Å². The number of allylic oxidation sites excluding steroid dienone is 1. The second-order valence-corrected chi connectivity index (χ2v) is 5.63. The van der Waals surface area contributed by atoms with Gasteiger partial charge in [0.25, 0.3) is 0 Å². The summed E-state index contributed by atoms with van der Waals surface area (Å²) in [5, 5.41) is 5.47. The summed E-state index contributed by atoms with van der Waals surface area (Å²) in [6.07, 6.45) is 3.32. The Morgan fingerprint density at radius 3 is 1.81 bits per heavy atom. The molecule has 0 aliphatic carbocycles. The molecule has 0 unspecified atom stereocenters. The van der Waals surface area contributed by atoms with Crippen molar-refractivity contribution < 1.29 is 9.59 Å². The number of nitrogens with one attached hydrogen (secondary N) is 2. The quantitative estimate of drug-likeness (QED) is 0.493. The molecule has 128 valence electrons. The molecule has 0 fully saturated rings. The fourth-order valence-electron chi connectivity index (χ4n) is 2.37. The molecule has 0 bridgehead atoms. The number of hydrogen-bond donors (Lipinski definition) is 2. The topological polar surface area (TPSA) is 58.2 Å². The third-order valence-corrected chi connectivity index (χ3v) is 3.69. The van der Waals surface area contributed by atoms with Gasteiger partial charge in [-0.3, -0.25) is 4.79 Å². The Morgan fingerprint density at radius 1 is 0.654 bits per heavy atom. The molecular weight excluding hydrogens is 324 g/mol. The average molecular weight is 342 g/mol. The lowest BCUT2D eigenvalue weighted by atomic mass is 10.1. The molecule has 4 heteroatoms. The maximum absolute atomic E-state index is 12.2. The van der Waals surface area contributed by atoms with Gasteiger partial charge >= 0.3 is 6.03 Å². The Morgan fingerprint density at radius 2 is 1.19 bits per heavy atom. The van der Waals surface area contributed by atoms with Crippen LogP contribution >= 0.6 is 0 Å². The molecule has 2 N–H and O–H groups in total. The highest BCUT2D eigenvalue weighted by atomic mass is 16.2.